The highest BCUT2D eigenvalue weighted by atomic mass is 35.5. The number of nitrogens with two attached hydrogens (primary N) is 1. The lowest BCUT2D eigenvalue weighted by Crippen LogP contribution is -2.63. The van der Waals surface area contributed by atoms with Crippen LogP contribution in [0.25, 0.3) is 0 Å². The number of carbonyl (C=O) groups excluding carboxylic acids is 2. The number of benzene rings is 1. The van der Waals surface area contributed by atoms with Crippen molar-refractivity contribution in [1.29, 1.82) is 0 Å². The van der Waals surface area contributed by atoms with Crippen LogP contribution in [-0.4, -0.2) is 66.4 Å². The lowest BCUT2D eigenvalue weighted by Gasteiger charge is -2.46. The topological polar surface area (TPSA) is 75.9 Å². The molecule has 0 spiro atoms. The minimum Gasteiger partial charge on any atom is -0.487 e. The zero-order valence-electron chi connectivity index (χ0n) is 17.1. The predicted molar refractivity (Wildman–Crippen MR) is 117 cm³/mol. The second-order valence-electron chi connectivity index (χ2n) is 8.46. The number of ether oxygens (including phenoxy) is 1. The van der Waals surface area contributed by atoms with Crippen LogP contribution in [0.15, 0.2) is 18.2 Å². The molecule has 0 aromatic heterocycles. The summed E-state index contributed by atoms with van der Waals surface area (Å²) in [4.78, 5) is 28.5. The number of fused-ring (bicyclic) bond motifs is 3. The van der Waals surface area contributed by atoms with E-state index in [2.05, 4.69) is 41.8 Å². The SMILES string of the molecule is Cc1ccc2c(c1)[C@@]1(C)CCC(=O)[C@@H](N3CCN(CCC(N)=O)CC3)[C@H]1O2.Cl.Cl. The third kappa shape index (κ3) is 4.41. The van der Waals surface area contributed by atoms with Gasteiger partial charge in [-0.05, 0) is 19.4 Å². The minimum atomic E-state index is -0.261. The summed E-state index contributed by atoms with van der Waals surface area (Å²) in [6.07, 6.45) is 1.73. The standard InChI is InChI=1S/C21H29N3O3.2ClH/c1-14-3-4-17-15(13-14)21(2)7-5-16(25)19(20(21)27-17)24-11-9-23(10-12-24)8-6-18(22)26;;/h3-4,13,19-20H,5-12H2,1-2H3,(H2,22,26);2*1H/t19-,20-,21-;;/m1../s1. The summed E-state index contributed by atoms with van der Waals surface area (Å²) in [5.74, 6) is 0.976. The number of nitrogens with zero attached hydrogens (tertiary/aromatic N) is 2. The van der Waals surface area contributed by atoms with Crippen molar-refractivity contribution >= 4 is 36.5 Å². The first-order valence-electron chi connectivity index (χ1n) is 9.94. The highest BCUT2D eigenvalue weighted by Gasteiger charge is 2.55. The second-order valence-corrected chi connectivity index (χ2v) is 8.46. The van der Waals surface area contributed by atoms with Crippen molar-refractivity contribution in [3.63, 3.8) is 0 Å². The maximum atomic E-state index is 12.9. The van der Waals surface area contributed by atoms with E-state index in [1.54, 1.807) is 0 Å². The van der Waals surface area contributed by atoms with Crippen LogP contribution in [-0.2, 0) is 15.0 Å². The highest BCUT2D eigenvalue weighted by Crippen LogP contribution is 2.50. The largest absolute Gasteiger partial charge is 0.487 e. The second kappa shape index (κ2) is 9.21. The zero-order valence-corrected chi connectivity index (χ0v) is 18.7. The Kier molecular flexibility index (Phi) is 7.60. The fourth-order valence-electron chi connectivity index (χ4n) is 4.93. The summed E-state index contributed by atoms with van der Waals surface area (Å²) in [5, 5.41) is 0. The van der Waals surface area contributed by atoms with Crippen molar-refractivity contribution in [3.05, 3.63) is 29.3 Å². The molecule has 2 N–H and O–H groups in total. The number of rotatable bonds is 4. The van der Waals surface area contributed by atoms with E-state index in [4.69, 9.17) is 10.5 Å². The van der Waals surface area contributed by atoms with Gasteiger partial charge in [-0.1, -0.05) is 24.6 Å². The third-order valence-corrected chi connectivity index (χ3v) is 6.61. The van der Waals surface area contributed by atoms with Crippen LogP contribution >= 0.6 is 24.8 Å². The van der Waals surface area contributed by atoms with Crippen LogP contribution in [0, 0.1) is 6.92 Å². The smallest absolute Gasteiger partial charge is 0.218 e. The van der Waals surface area contributed by atoms with Gasteiger partial charge in [0.25, 0.3) is 0 Å². The van der Waals surface area contributed by atoms with Crippen molar-refractivity contribution < 1.29 is 14.3 Å². The molecule has 3 aliphatic rings. The Labute approximate surface area is 184 Å². The average Bonchev–Trinajstić information content (AvgIpc) is 2.93. The summed E-state index contributed by atoms with van der Waals surface area (Å²) in [6, 6.07) is 6.17. The first-order valence-corrected chi connectivity index (χ1v) is 9.94. The molecule has 6 nitrogen and oxygen atoms in total. The lowest BCUT2D eigenvalue weighted by molar-refractivity contribution is -0.134. The van der Waals surface area contributed by atoms with Crippen LogP contribution in [0.4, 0.5) is 0 Å². The van der Waals surface area contributed by atoms with Crippen molar-refractivity contribution in [2.24, 2.45) is 5.73 Å². The lowest BCUT2D eigenvalue weighted by atomic mass is 9.67. The summed E-state index contributed by atoms with van der Waals surface area (Å²) in [6.45, 7) is 8.41. The number of amides is 1. The number of hydrogen-bond acceptors (Lipinski definition) is 5. The maximum absolute atomic E-state index is 12.9. The van der Waals surface area contributed by atoms with Crippen molar-refractivity contribution in [3.8, 4) is 5.75 Å². The molecule has 0 radical (unpaired) electrons. The molecule has 29 heavy (non-hydrogen) atoms. The summed E-state index contributed by atoms with van der Waals surface area (Å²) in [7, 11) is 0. The van der Waals surface area contributed by atoms with Gasteiger partial charge in [0, 0.05) is 56.5 Å². The molecule has 4 rings (SSSR count). The van der Waals surface area contributed by atoms with Gasteiger partial charge in [0.2, 0.25) is 5.91 Å². The zero-order chi connectivity index (χ0) is 19.2. The van der Waals surface area contributed by atoms with E-state index in [1.807, 2.05) is 0 Å². The van der Waals surface area contributed by atoms with E-state index < -0.39 is 0 Å². The summed E-state index contributed by atoms with van der Waals surface area (Å²) >= 11 is 0. The number of hydrogen-bond donors (Lipinski definition) is 1. The molecule has 8 heteroatoms. The van der Waals surface area contributed by atoms with Crippen molar-refractivity contribution in [1.82, 2.24) is 9.80 Å². The van der Waals surface area contributed by atoms with Gasteiger partial charge in [0.15, 0.2) is 5.78 Å². The van der Waals surface area contributed by atoms with Gasteiger partial charge in [0.05, 0.1) is 0 Å². The van der Waals surface area contributed by atoms with Gasteiger partial charge >= 0.3 is 0 Å². The van der Waals surface area contributed by atoms with E-state index in [0.29, 0.717) is 25.2 Å². The Morgan fingerprint density at radius 2 is 1.93 bits per heavy atom. The van der Waals surface area contributed by atoms with Crippen LogP contribution in [0.5, 0.6) is 5.75 Å². The monoisotopic (exact) mass is 443 g/mol. The van der Waals surface area contributed by atoms with Crippen molar-refractivity contribution in [2.75, 3.05) is 32.7 Å². The van der Waals surface area contributed by atoms with E-state index in [0.717, 1.165) is 38.3 Å². The first-order chi connectivity index (χ1) is 12.9. The van der Waals surface area contributed by atoms with Gasteiger partial charge in [-0.25, -0.2) is 0 Å². The Hall–Kier alpha value is -1.34. The molecule has 0 unspecified atom stereocenters. The summed E-state index contributed by atoms with van der Waals surface area (Å²) in [5.41, 5.74) is 7.64. The molecule has 1 aromatic rings. The molecule has 2 fully saturated rings. The Morgan fingerprint density at radius 3 is 2.59 bits per heavy atom. The number of carbonyl (C=O) groups is 2. The molecule has 2 aliphatic heterocycles. The molecular weight excluding hydrogens is 413 g/mol. The van der Waals surface area contributed by atoms with Crippen LogP contribution in [0.3, 0.4) is 0 Å². The molecule has 1 aliphatic carbocycles. The number of halogens is 2. The normalized spacial score (nSPS) is 29.1. The first kappa shape index (κ1) is 23.9. The number of aryl methyl sites for hydroxylation is 1. The fraction of sp³-hybridized carbons (Fsp3) is 0.619. The van der Waals surface area contributed by atoms with E-state index in [1.165, 1.54) is 11.1 Å². The fourth-order valence-corrected chi connectivity index (χ4v) is 4.93. The van der Waals surface area contributed by atoms with E-state index in [9.17, 15) is 9.59 Å². The van der Waals surface area contributed by atoms with Gasteiger partial charge in [-0.2, -0.15) is 0 Å². The molecule has 1 amide bonds. The predicted octanol–water partition coefficient (Wildman–Crippen LogP) is 2.08. The number of primary amides is 1. The summed E-state index contributed by atoms with van der Waals surface area (Å²) < 4.78 is 6.37. The molecule has 162 valence electrons. The molecule has 0 bridgehead atoms. The van der Waals surface area contributed by atoms with Gasteiger partial charge in [0.1, 0.15) is 17.9 Å². The molecule has 1 saturated carbocycles. The van der Waals surface area contributed by atoms with E-state index in [-0.39, 0.29) is 48.3 Å². The van der Waals surface area contributed by atoms with Gasteiger partial charge in [-0.15, -0.1) is 24.8 Å². The third-order valence-electron chi connectivity index (χ3n) is 6.61. The minimum absolute atomic E-state index is 0. The quantitative estimate of drug-likeness (QED) is 0.770. The maximum Gasteiger partial charge on any atom is 0.218 e. The Bertz CT molecular complexity index is 768. The number of ketones is 1. The molecule has 1 aromatic carbocycles. The number of piperazine rings is 1. The molecule has 2 heterocycles. The van der Waals surface area contributed by atoms with Gasteiger partial charge < -0.3 is 15.4 Å². The Balaban J connectivity index is 0.00000150. The highest BCUT2D eigenvalue weighted by molar-refractivity contribution is 5.87. The van der Waals surface area contributed by atoms with Gasteiger partial charge in [-0.3, -0.25) is 14.5 Å². The van der Waals surface area contributed by atoms with E-state index >= 15 is 0 Å². The molecule has 1 saturated heterocycles. The Morgan fingerprint density at radius 1 is 1.24 bits per heavy atom. The molecular formula is C21H31Cl2N3O3. The van der Waals surface area contributed by atoms with Crippen LogP contribution in [0.2, 0.25) is 0 Å². The van der Waals surface area contributed by atoms with Crippen LogP contribution < -0.4 is 10.5 Å². The van der Waals surface area contributed by atoms with Crippen LogP contribution in [0.1, 0.15) is 37.3 Å². The molecule has 3 atom stereocenters. The average molecular weight is 444 g/mol. The van der Waals surface area contributed by atoms with Crippen molar-refractivity contribution in [2.45, 2.75) is 50.7 Å². The number of Topliss-reactive ketones (excluding diaryl/α,β-unsaturated/α-hetero) is 1.